The molecule has 2 fully saturated rings. The number of aromatic nitrogens is 2. The summed E-state index contributed by atoms with van der Waals surface area (Å²) < 4.78 is 10.4. The van der Waals surface area contributed by atoms with Crippen molar-refractivity contribution in [1.29, 1.82) is 0 Å². The van der Waals surface area contributed by atoms with Gasteiger partial charge in [0.05, 0.1) is 13.2 Å². The topological polar surface area (TPSA) is 71.7 Å². The van der Waals surface area contributed by atoms with Crippen molar-refractivity contribution >= 4 is 5.91 Å². The molecule has 1 aromatic rings. The third kappa shape index (κ3) is 3.24. The highest BCUT2D eigenvalue weighted by molar-refractivity contribution is 5.89. The van der Waals surface area contributed by atoms with E-state index in [1.54, 1.807) is 0 Å². The Labute approximate surface area is 124 Å². The van der Waals surface area contributed by atoms with Crippen LogP contribution in [-0.2, 0) is 11.2 Å². The molecule has 0 saturated carbocycles. The zero-order chi connectivity index (χ0) is 14.7. The van der Waals surface area contributed by atoms with Crippen LogP contribution in [0.25, 0.3) is 0 Å². The van der Waals surface area contributed by atoms with Gasteiger partial charge in [0.15, 0.2) is 5.82 Å². The Bertz CT molecular complexity index is 476. The van der Waals surface area contributed by atoms with Crippen molar-refractivity contribution in [2.45, 2.75) is 32.2 Å². The Kier molecular flexibility index (Phi) is 4.50. The highest BCUT2D eigenvalue weighted by Crippen LogP contribution is 2.19. The van der Waals surface area contributed by atoms with Crippen molar-refractivity contribution in [2.75, 3.05) is 39.4 Å². The number of likely N-dealkylation sites (tertiary alicyclic amines) is 1. The number of hydrogen-bond donors (Lipinski definition) is 0. The normalized spacial score (nSPS) is 21.7. The van der Waals surface area contributed by atoms with Gasteiger partial charge in [-0.25, -0.2) is 0 Å². The van der Waals surface area contributed by atoms with Crippen LogP contribution in [0.5, 0.6) is 0 Å². The molecular weight excluding hydrogens is 272 g/mol. The summed E-state index contributed by atoms with van der Waals surface area (Å²) in [4.78, 5) is 20.7. The molecule has 21 heavy (non-hydrogen) atoms. The number of carbonyl (C=O) groups is 1. The van der Waals surface area contributed by atoms with Gasteiger partial charge in [0.1, 0.15) is 0 Å². The number of carbonyl (C=O) groups excluding carboxylic acids is 1. The van der Waals surface area contributed by atoms with E-state index in [1.807, 2.05) is 11.8 Å². The molecule has 3 heterocycles. The molecule has 2 aliphatic heterocycles. The van der Waals surface area contributed by atoms with E-state index in [1.165, 1.54) is 0 Å². The van der Waals surface area contributed by atoms with Gasteiger partial charge in [0.25, 0.3) is 0 Å². The lowest BCUT2D eigenvalue weighted by Gasteiger charge is -2.39. The smallest absolute Gasteiger partial charge is 0.316 e. The average molecular weight is 294 g/mol. The Morgan fingerprint density at radius 1 is 1.24 bits per heavy atom. The van der Waals surface area contributed by atoms with Crippen LogP contribution in [0.2, 0.25) is 0 Å². The number of hydrogen-bond acceptors (Lipinski definition) is 6. The molecule has 1 amide bonds. The quantitative estimate of drug-likeness (QED) is 0.811. The number of aryl methyl sites for hydroxylation is 1. The first-order valence-electron chi connectivity index (χ1n) is 7.71. The first kappa shape index (κ1) is 14.5. The van der Waals surface area contributed by atoms with Crippen molar-refractivity contribution in [1.82, 2.24) is 19.9 Å². The second kappa shape index (κ2) is 6.53. The van der Waals surface area contributed by atoms with Crippen LogP contribution in [0.15, 0.2) is 4.52 Å². The second-order valence-corrected chi connectivity index (χ2v) is 5.54. The minimum atomic E-state index is -0.136. The van der Waals surface area contributed by atoms with Gasteiger partial charge in [0, 0.05) is 38.6 Å². The summed E-state index contributed by atoms with van der Waals surface area (Å²) in [5.74, 6) is 0.570. The minimum absolute atomic E-state index is 0.122. The molecule has 0 atom stereocenters. The number of morpholine rings is 1. The van der Waals surface area contributed by atoms with Gasteiger partial charge in [-0.15, -0.1) is 0 Å². The van der Waals surface area contributed by atoms with Crippen molar-refractivity contribution in [3.05, 3.63) is 11.7 Å². The van der Waals surface area contributed by atoms with Gasteiger partial charge in [0.2, 0.25) is 0 Å². The zero-order valence-electron chi connectivity index (χ0n) is 12.5. The lowest BCUT2D eigenvalue weighted by Crippen LogP contribution is -2.50. The molecule has 0 unspecified atom stereocenters. The Morgan fingerprint density at radius 2 is 1.95 bits per heavy atom. The van der Waals surface area contributed by atoms with Gasteiger partial charge in [-0.3, -0.25) is 9.69 Å². The minimum Gasteiger partial charge on any atom is -0.379 e. The summed E-state index contributed by atoms with van der Waals surface area (Å²) in [6.07, 6.45) is 2.68. The van der Waals surface area contributed by atoms with E-state index in [0.717, 1.165) is 52.2 Å². The summed E-state index contributed by atoms with van der Waals surface area (Å²) in [6.45, 7) is 7.09. The van der Waals surface area contributed by atoms with Crippen LogP contribution in [0.1, 0.15) is 36.3 Å². The zero-order valence-corrected chi connectivity index (χ0v) is 12.5. The van der Waals surface area contributed by atoms with E-state index in [4.69, 9.17) is 9.26 Å². The lowest BCUT2D eigenvalue weighted by molar-refractivity contribution is 0.00110. The second-order valence-electron chi connectivity index (χ2n) is 5.54. The predicted octanol–water partition coefficient (Wildman–Crippen LogP) is 0.569. The maximum absolute atomic E-state index is 12.3. The maximum Gasteiger partial charge on any atom is 0.316 e. The van der Waals surface area contributed by atoms with Crippen LogP contribution in [0.4, 0.5) is 0 Å². The average Bonchev–Trinajstić information content (AvgIpc) is 3.04. The van der Waals surface area contributed by atoms with Gasteiger partial charge in [-0.2, -0.15) is 4.98 Å². The van der Waals surface area contributed by atoms with E-state index >= 15 is 0 Å². The number of nitrogens with zero attached hydrogens (tertiary/aromatic N) is 4. The molecule has 116 valence electrons. The highest BCUT2D eigenvalue weighted by atomic mass is 16.5. The largest absolute Gasteiger partial charge is 0.379 e. The molecule has 7 heteroatoms. The summed E-state index contributed by atoms with van der Waals surface area (Å²) in [5, 5.41) is 3.78. The fourth-order valence-corrected chi connectivity index (χ4v) is 3.00. The number of amides is 1. The fraction of sp³-hybridized carbons (Fsp3) is 0.786. The molecule has 2 saturated heterocycles. The van der Waals surface area contributed by atoms with Gasteiger partial charge in [-0.1, -0.05) is 12.1 Å². The molecular formula is C14H22N4O3. The van der Waals surface area contributed by atoms with Crippen LogP contribution in [-0.4, -0.2) is 71.3 Å². The number of ether oxygens (including phenoxy) is 1. The van der Waals surface area contributed by atoms with Crippen LogP contribution < -0.4 is 0 Å². The third-order valence-electron chi connectivity index (χ3n) is 4.28. The van der Waals surface area contributed by atoms with Gasteiger partial charge in [-0.05, 0) is 12.8 Å². The van der Waals surface area contributed by atoms with E-state index in [9.17, 15) is 4.79 Å². The van der Waals surface area contributed by atoms with E-state index < -0.39 is 0 Å². The first-order valence-corrected chi connectivity index (χ1v) is 7.71. The Morgan fingerprint density at radius 3 is 2.57 bits per heavy atom. The molecule has 0 aromatic carbocycles. The Hall–Kier alpha value is -1.47. The SMILES string of the molecule is CCc1noc(C(=O)N2CCC(N3CCOCC3)CC2)n1. The summed E-state index contributed by atoms with van der Waals surface area (Å²) in [5.41, 5.74) is 0. The van der Waals surface area contributed by atoms with Crippen LogP contribution >= 0.6 is 0 Å². The third-order valence-corrected chi connectivity index (χ3v) is 4.28. The van der Waals surface area contributed by atoms with Crippen molar-refractivity contribution in [3.63, 3.8) is 0 Å². The monoisotopic (exact) mass is 294 g/mol. The molecule has 3 rings (SSSR count). The molecule has 0 bridgehead atoms. The maximum atomic E-state index is 12.3. The molecule has 0 radical (unpaired) electrons. The van der Waals surface area contributed by atoms with Gasteiger partial charge >= 0.3 is 11.8 Å². The van der Waals surface area contributed by atoms with E-state index in [2.05, 4.69) is 15.0 Å². The fourth-order valence-electron chi connectivity index (χ4n) is 3.00. The first-order chi connectivity index (χ1) is 10.3. The number of rotatable bonds is 3. The van der Waals surface area contributed by atoms with Crippen LogP contribution in [0.3, 0.4) is 0 Å². The summed E-state index contributed by atoms with van der Waals surface area (Å²) in [6, 6.07) is 0.562. The highest BCUT2D eigenvalue weighted by Gasteiger charge is 2.30. The Balaban J connectivity index is 1.53. The standard InChI is InChI=1S/C14H22N4O3/c1-2-12-15-13(21-16-12)14(19)18-5-3-11(4-6-18)17-7-9-20-10-8-17/h11H,2-10H2,1H3. The number of piperidine rings is 1. The predicted molar refractivity (Wildman–Crippen MR) is 75.0 cm³/mol. The van der Waals surface area contributed by atoms with E-state index in [0.29, 0.717) is 18.3 Å². The van der Waals surface area contributed by atoms with Crippen molar-refractivity contribution in [3.8, 4) is 0 Å². The summed E-state index contributed by atoms with van der Waals surface area (Å²) in [7, 11) is 0. The molecule has 1 aromatic heterocycles. The molecule has 2 aliphatic rings. The molecule has 7 nitrogen and oxygen atoms in total. The molecule has 0 N–H and O–H groups in total. The lowest BCUT2D eigenvalue weighted by atomic mass is 10.0. The summed E-state index contributed by atoms with van der Waals surface area (Å²) >= 11 is 0. The van der Waals surface area contributed by atoms with Crippen molar-refractivity contribution in [2.24, 2.45) is 0 Å². The van der Waals surface area contributed by atoms with Crippen LogP contribution in [0, 0.1) is 0 Å². The molecule has 0 spiro atoms. The van der Waals surface area contributed by atoms with Crippen molar-refractivity contribution < 1.29 is 14.1 Å². The van der Waals surface area contributed by atoms with E-state index in [-0.39, 0.29) is 11.8 Å². The van der Waals surface area contributed by atoms with Gasteiger partial charge < -0.3 is 14.2 Å². The molecule has 0 aliphatic carbocycles.